The number of likely N-dealkylation sites (tertiary alicyclic amines) is 1. The van der Waals surface area contributed by atoms with Gasteiger partial charge in [0.25, 0.3) is 5.91 Å². The summed E-state index contributed by atoms with van der Waals surface area (Å²) in [5.41, 5.74) is 1.25. The van der Waals surface area contributed by atoms with Crippen LogP contribution in [0, 0.1) is 0 Å². The van der Waals surface area contributed by atoms with Crippen LogP contribution in [0.4, 0.5) is 0 Å². The lowest BCUT2D eigenvalue weighted by Gasteiger charge is -2.36. The first-order valence-electron chi connectivity index (χ1n) is 8.98. The second-order valence-electron chi connectivity index (χ2n) is 6.94. The molecular weight excluding hydrogens is 362 g/mol. The molecule has 0 spiro atoms. The van der Waals surface area contributed by atoms with E-state index in [1.807, 2.05) is 41.8 Å². The number of rotatable bonds is 6. The van der Waals surface area contributed by atoms with Crippen molar-refractivity contribution in [2.45, 2.75) is 25.7 Å². The monoisotopic (exact) mass is 383 g/mol. The van der Waals surface area contributed by atoms with Gasteiger partial charge in [0.15, 0.2) is 6.61 Å². The Hall–Kier alpha value is -2.67. The number of aromatic nitrogens is 2. The van der Waals surface area contributed by atoms with Gasteiger partial charge in [0.2, 0.25) is 11.7 Å². The van der Waals surface area contributed by atoms with Gasteiger partial charge in [-0.3, -0.25) is 4.79 Å². The maximum Gasteiger partial charge on any atom is 0.260 e. The van der Waals surface area contributed by atoms with E-state index >= 15 is 0 Å². The first-order chi connectivity index (χ1) is 13.1. The summed E-state index contributed by atoms with van der Waals surface area (Å²) in [4.78, 5) is 19.5. The molecule has 0 aliphatic carbocycles. The number of nitrogens with zero attached hydrogens (tertiary/aromatic N) is 3. The highest BCUT2D eigenvalue weighted by Crippen LogP contribution is 2.29. The van der Waals surface area contributed by atoms with Crippen molar-refractivity contribution in [1.82, 2.24) is 15.0 Å². The predicted molar refractivity (Wildman–Crippen MR) is 103 cm³/mol. The average molecular weight is 383 g/mol. The number of hydrogen-bond donors (Lipinski definition) is 0. The van der Waals surface area contributed by atoms with Crippen molar-refractivity contribution in [3.8, 4) is 16.5 Å². The summed E-state index contributed by atoms with van der Waals surface area (Å²) >= 11 is 1.57. The number of thiophene rings is 1. The highest BCUT2D eigenvalue weighted by Gasteiger charge is 2.35. The quantitative estimate of drug-likeness (QED) is 0.645. The SMILES string of the molecule is CC(C)c1ccc(OCC(=O)N2CC(c3nc(-c4cccs4)no3)C2)cc1. The largest absolute Gasteiger partial charge is 0.484 e. The second-order valence-corrected chi connectivity index (χ2v) is 7.89. The molecule has 6 nitrogen and oxygen atoms in total. The minimum absolute atomic E-state index is 0.0304. The Bertz CT molecular complexity index is 897. The molecule has 0 N–H and O–H groups in total. The Labute approximate surface area is 161 Å². The fraction of sp³-hybridized carbons (Fsp3) is 0.350. The van der Waals surface area contributed by atoms with Crippen molar-refractivity contribution < 1.29 is 14.1 Å². The number of ether oxygens (including phenoxy) is 1. The average Bonchev–Trinajstić information content (AvgIpc) is 3.30. The summed E-state index contributed by atoms with van der Waals surface area (Å²) in [5, 5.41) is 6.00. The third kappa shape index (κ3) is 3.88. The van der Waals surface area contributed by atoms with Crippen LogP contribution < -0.4 is 4.74 Å². The lowest BCUT2D eigenvalue weighted by atomic mass is 10.0. The molecule has 2 aromatic heterocycles. The zero-order valence-corrected chi connectivity index (χ0v) is 16.1. The lowest BCUT2D eigenvalue weighted by molar-refractivity contribution is -0.138. The summed E-state index contributed by atoms with van der Waals surface area (Å²) in [6, 6.07) is 11.8. The first kappa shape index (κ1) is 17.7. The van der Waals surface area contributed by atoms with Crippen LogP contribution in [0.1, 0.15) is 37.1 Å². The van der Waals surface area contributed by atoms with E-state index in [9.17, 15) is 4.79 Å². The van der Waals surface area contributed by atoms with Gasteiger partial charge in [-0.1, -0.05) is 37.2 Å². The van der Waals surface area contributed by atoms with Crippen LogP contribution in [0.3, 0.4) is 0 Å². The van der Waals surface area contributed by atoms with Gasteiger partial charge in [-0.2, -0.15) is 4.98 Å². The Morgan fingerprint density at radius 2 is 2.07 bits per heavy atom. The van der Waals surface area contributed by atoms with Crippen LogP contribution in [0.5, 0.6) is 5.75 Å². The van der Waals surface area contributed by atoms with Crippen molar-refractivity contribution in [3.05, 3.63) is 53.2 Å². The number of benzene rings is 1. The minimum Gasteiger partial charge on any atom is -0.484 e. The van der Waals surface area contributed by atoms with E-state index < -0.39 is 0 Å². The Kier molecular flexibility index (Phi) is 4.94. The Morgan fingerprint density at radius 3 is 2.74 bits per heavy atom. The van der Waals surface area contributed by atoms with Crippen molar-refractivity contribution in [3.63, 3.8) is 0 Å². The Balaban J connectivity index is 1.26. The molecule has 0 atom stereocenters. The Morgan fingerprint density at radius 1 is 1.30 bits per heavy atom. The van der Waals surface area contributed by atoms with Gasteiger partial charge >= 0.3 is 0 Å². The number of carbonyl (C=O) groups is 1. The van der Waals surface area contributed by atoms with E-state index in [-0.39, 0.29) is 18.4 Å². The van der Waals surface area contributed by atoms with Gasteiger partial charge in [0.1, 0.15) is 5.75 Å². The maximum absolute atomic E-state index is 12.3. The standard InChI is InChI=1S/C20H21N3O3S/c1-13(2)14-5-7-16(8-6-14)25-12-18(24)23-10-15(11-23)20-21-19(22-26-20)17-4-3-9-27-17/h3-9,13,15H,10-12H2,1-2H3. The van der Waals surface area contributed by atoms with Gasteiger partial charge in [-0.15, -0.1) is 11.3 Å². The molecule has 1 saturated heterocycles. The first-order valence-corrected chi connectivity index (χ1v) is 9.86. The summed E-state index contributed by atoms with van der Waals surface area (Å²) < 4.78 is 11.0. The molecule has 4 rings (SSSR count). The van der Waals surface area contributed by atoms with Crippen molar-refractivity contribution in [2.75, 3.05) is 19.7 Å². The topological polar surface area (TPSA) is 68.5 Å². The zero-order valence-electron chi connectivity index (χ0n) is 15.3. The van der Waals surface area contributed by atoms with Gasteiger partial charge in [0, 0.05) is 13.1 Å². The number of amides is 1. The van der Waals surface area contributed by atoms with E-state index in [0.717, 1.165) is 4.88 Å². The molecular formula is C20H21N3O3S. The molecule has 0 unspecified atom stereocenters. The molecule has 3 heterocycles. The van der Waals surface area contributed by atoms with Crippen LogP contribution in [-0.2, 0) is 4.79 Å². The van der Waals surface area contributed by atoms with Crippen LogP contribution in [0.25, 0.3) is 10.7 Å². The predicted octanol–water partition coefficient (Wildman–Crippen LogP) is 3.93. The number of carbonyl (C=O) groups excluding carboxylic acids is 1. The molecule has 0 radical (unpaired) electrons. The van der Waals surface area contributed by atoms with Gasteiger partial charge in [-0.25, -0.2) is 0 Å². The van der Waals surface area contributed by atoms with Gasteiger partial charge in [0.05, 0.1) is 10.8 Å². The summed E-state index contributed by atoms with van der Waals surface area (Å²) in [5.74, 6) is 2.45. The molecule has 0 saturated carbocycles. The second kappa shape index (κ2) is 7.52. The fourth-order valence-corrected chi connectivity index (χ4v) is 3.58. The van der Waals surface area contributed by atoms with Crippen molar-refractivity contribution in [2.24, 2.45) is 0 Å². The molecule has 1 fully saturated rings. The van der Waals surface area contributed by atoms with E-state index in [1.165, 1.54) is 5.56 Å². The summed E-state index contributed by atoms with van der Waals surface area (Å²) in [6.07, 6.45) is 0. The minimum atomic E-state index is -0.0304. The normalized spacial score (nSPS) is 14.4. The van der Waals surface area contributed by atoms with E-state index in [0.29, 0.717) is 36.5 Å². The van der Waals surface area contributed by atoms with Crippen molar-refractivity contribution >= 4 is 17.2 Å². The third-order valence-corrected chi connectivity index (χ3v) is 5.54. The highest BCUT2D eigenvalue weighted by atomic mass is 32.1. The summed E-state index contributed by atoms with van der Waals surface area (Å²) in [6.45, 7) is 5.50. The molecule has 3 aromatic rings. The van der Waals surface area contributed by atoms with Crippen LogP contribution in [-0.4, -0.2) is 40.6 Å². The van der Waals surface area contributed by atoms with Gasteiger partial charge in [-0.05, 0) is 35.1 Å². The molecule has 1 aliphatic heterocycles. The zero-order chi connectivity index (χ0) is 18.8. The van der Waals surface area contributed by atoms with Crippen LogP contribution in [0.15, 0.2) is 46.3 Å². The van der Waals surface area contributed by atoms with Crippen LogP contribution in [0.2, 0.25) is 0 Å². The molecule has 27 heavy (non-hydrogen) atoms. The van der Waals surface area contributed by atoms with Gasteiger partial charge < -0.3 is 14.2 Å². The lowest BCUT2D eigenvalue weighted by Crippen LogP contribution is -2.50. The third-order valence-electron chi connectivity index (χ3n) is 4.68. The van der Waals surface area contributed by atoms with Crippen LogP contribution >= 0.6 is 11.3 Å². The number of hydrogen-bond acceptors (Lipinski definition) is 6. The van der Waals surface area contributed by atoms with Crippen molar-refractivity contribution in [1.29, 1.82) is 0 Å². The maximum atomic E-state index is 12.3. The molecule has 7 heteroatoms. The van der Waals surface area contributed by atoms with E-state index in [4.69, 9.17) is 9.26 Å². The molecule has 1 aromatic carbocycles. The fourth-order valence-electron chi connectivity index (χ4n) is 2.93. The molecule has 140 valence electrons. The molecule has 0 bridgehead atoms. The molecule has 1 aliphatic rings. The smallest absolute Gasteiger partial charge is 0.260 e. The van der Waals surface area contributed by atoms with E-state index in [2.05, 4.69) is 24.0 Å². The molecule has 1 amide bonds. The highest BCUT2D eigenvalue weighted by molar-refractivity contribution is 7.13. The van der Waals surface area contributed by atoms with E-state index in [1.54, 1.807) is 16.2 Å². The summed E-state index contributed by atoms with van der Waals surface area (Å²) in [7, 11) is 0.